The third-order valence-corrected chi connectivity index (χ3v) is 3.77. The van der Waals surface area contributed by atoms with Crippen LogP contribution in [0.5, 0.6) is 0 Å². The van der Waals surface area contributed by atoms with Crippen LogP contribution in [0.15, 0.2) is 24.3 Å². The molecule has 0 aromatic heterocycles. The summed E-state index contributed by atoms with van der Waals surface area (Å²) in [5.41, 5.74) is 1.34. The largest absolute Gasteiger partial charge is 0.327 e. The molecule has 1 aliphatic rings. The Balaban J connectivity index is 1.90. The van der Waals surface area contributed by atoms with Crippen LogP contribution in [0, 0.1) is 0 Å². The van der Waals surface area contributed by atoms with Crippen molar-refractivity contribution in [3.8, 4) is 0 Å². The Kier molecular flexibility index (Phi) is 5.30. The molecular formula is C16H23N2O2+. The first-order valence-corrected chi connectivity index (χ1v) is 7.39. The zero-order valence-electron chi connectivity index (χ0n) is 12.1. The van der Waals surface area contributed by atoms with Crippen LogP contribution >= 0.6 is 0 Å². The quantitative estimate of drug-likeness (QED) is 0.814. The first-order chi connectivity index (χ1) is 9.65. The minimum atomic E-state index is 0.0132. The van der Waals surface area contributed by atoms with Crippen molar-refractivity contribution in [2.24, 2.45) is 0 Å². The molecule has 1 aliphatic heterocycles. The molecule has 0 spiro atoms. The van der Waals surface area contributed by atoms with Gasteiger partial charge in [0.15, 0.2) is 12.3 Å². The Morgan fingerprint density at radius 3 is 2.50 bits per heavy atom. The molecule has 2 rings (SSSR count). The van der Waals surface area contributed by atoms with E-state index in [-0.39, 0.29) is 11.7 Å². The number of amides is 1. The highest BCUT2D eigenvalue weighted by molar-refractivity contribution is 5.97. The van der Waals surface area contributed by atoms with E-state index in [1.54, 1.807) is 18.2 Å². The van der Waals surface area contributed by atoms with Crippen LogP contribution < -0.4 is 10.2 Å². The van der Waals surface area contributed by atoms with Crippen molar-refractivity contribution in [2.45, 2.75) is 32.6 Å². The molecule has 108 valence electrons. The highest BCUT2D eigenvalue weighted by Gasteiger charge is 2.16. The normalized spacial score (nSPS) is 16.4. The van der Waals surface area contributed by atoms with Gasteiger partial charge < -0.3 is 10.2 Å². The monoisotopic (exact) mass is 275 g/mol. The number of quaternary nitrogens is 1. The molecule has 0 bridgehead atoms. The van der Waals surface area contributed by atoms with Crippen LogP contribution in [0.2, 0.25) is 0 Å². The third-order valence-electron chi connectivity index (χ3n) is 3.77. The van der Waals surface area contributed by atoms with Gasteiger partial charge in [-0.2, -0.15) is 0 Å². The number of benzene rings is 1. The maximum absolute atomic E-state index is 12.1. The molecule has 1 aromatic carbocycles. The zero-order valence-corrected chi connectivity index (χ0v) is 12.1. The van der Waals surface area contributed by atoms with E-state index in [2.05, 4.69) is 5.32 Å². The highest BCUT2D eigenvalue weighted by Crippen LogP contribution is 2.10. The summed E-state index contributed by atoms with van der Waals surface area (Å²) in [5.74, 6) is 0.0434. The minimum Gasteiger partial charge on any atom is -0.327 e. The molecule has 0 radical (unpaired) electrons. The van der Waals surface area contributed by atoms with E-state index in [0.29, 0.717) is 17.8 Å². The van der Waals surface area contributed by atoms with Gasteiger partial charge in [-0.25, -0.2) is 0 Å². The molecular weight excluding hydrogens is 252 g/mol. The second kappa shape index (κ2) is 7.20. The van der Waals surface area contributed by atoms with Gasteiger partial charge in [0.1, 0.15) is 0 Å². The number of ketones is 1. The predicted octanol–water partition coefficient (Wildman–Crippen LogP) is 1.29. The van der Waals surface area contributed by atoms with Gasteiger partial charge in [-0.3, -0.25) is 9.59 Å². The van der Waals surface area contributed by atoms with Gasteiger partial charge in [-0.05, 0) is 44.7 Å². The molecule has 2 N–H and O–H groups in total. The lowest BCUT2D eigenvalue weighted by atomic mass is 10.1. The van der Waals surface area contributed by atoms with Gasteiger partial charge >= 0.3 is 0 Å². The predicted molar refractivity (Wildman–Crippen MR) is 79.1 cm³/mol. The van der Waals surface area contributed by atoms with Gasteiger partial charge in [0.2, 0.25) is 0 Å². The standard InChI is InChI=1S/C16H22N2O2/c1-13(19)14-7-6-8-15(11-14)17-16(20)12-18-9-4-2-3-5-10-18/h6-8,11H,2-5,9-10,12H2,1H3,(H,17,20)/p+1. The molecule has 4 heteroatoms. The summed E-state index contributed by atoms with van der Waals surface area (Å²) in [4.78, 5) is 24.7. The summed E-state index contributed by atoms with van der Waals surface area (Å²) in [6.07, 6.45) is 4.99. The molecule has 1 saturated heterocycles. The average Bonchev–Trinajstić information content (AvgIpc) is 2.67. The second-order valence-corrected chi connectivity index (χ2v) is 5.53. The van der Waals surface area contributed by atoms with Crippen molar-refractivity contribution in [1.29, 1.82) is 0 Å². The van der Waals surface area contributed by atoms with Gasteiger partial charge in [-0.15, -0.1) is 0 Å². The Bertz CT molecular complexity index is 477. The number of rotatable bonds is 4. The van der Waals surface area contributed by atoms with Gasteiger partial charge in [-0.1, -0.05) is 12.1 Å². The van der Waals surface area contributed by atoms with Crippen LogP contribution in [-0.2, 0) is 4.79 Å². The van der Waals surface area contributed by atoms with Crippen LogP contribution in [0.3, 0.4) is 0 Å². The fourth-order valence-electron chi connectivity index (χ4n) is 2.65. The number of Topliss-reactive ketones (excluding diaryl/α,β-unsaturated/α-hetero) is 1. The van der Waals surface area contributed by atoms with Crippen molar-refractivity contribution in [1.82, 2.24) is 0 Å². The summed E-state index contributed by atoms with van der Waals surface area (Å²) in [5, 5.41) is 2.89. The van der Waals surface area contributed by atoms with Crippen LogP contribution in [0.4, 0.5) is 5.69 Å². The third kappa shape index (κ3) is 4.46. The summed E-state index contributed by atoms with van der Waals surface area (Å²) >= 11 is 0. The Morgan fingerprint density at radius 1 is 1.15 bits per heavy atom. The van der Waals surface area contributed by atoms with Gasteiger partial charge in [0.05, 0.1) is 13.1 Å². The number of carbonyl (C=O) groups excluding carboxylic acids is 2. The highest BCUT2D eigenvalue weighted by atomic mass is 16.2. The van der Waals surface area contributed by atoms with Crippen molar-refractivity contribution in [3.05, 3.63) is 29.8 Å². The van der Waals surface area contributed by atoms with E-state index in [1.165, 1.54) is 37.5 Å². The van der Waals surface area contributed by atoms with Crippen molar-refractivity contribution in [3.63, 3.8) is 0 Å². The van der Waals surface area contributed by atoms with Crippen LogP contribution in [-0.4, -0.2) is 31.3 Å². The number of hydrogen-bond acceptors (Lipinski definition) is 2. The first kappa shape index (κ1) is 14.7. The SMILES string of the molecule is CC(=O)c1cccc(NC(=O)C[NH+]2CCCCCC2)c1. The van der Waals surface area contributed by atoms with E-state index < -0.39 is 0 Å². The molecule has 20 heavy (non-hydrogen) atoms. The lowest BCUT2D eigenvalue weighted by molar-refractivity contribution is -0.890. The maximum Gasteiger partial charge on any atom is 0.279 e. The molecule has 0 unspecified atom stereocenters. The lowest BCUT2D eigenvalue weighted by Gasteiger charge is -2.16. The fraction of sp³-hybridized carbons (Fsp3) is 0.500. The van der Waals surface area contributed by atoms with E-state index in [1.807, 2.05) is 6.07 Å². The zero-order chi connectivity index (χ0) is 14.4. The summed E-state index contributed by atoms with van der Waals surface area (Å²) in [7, 11) is 0. The van der Waals surface area contributed by atoms with Gasteiger partial charge in [0.25, 0.3) is 5.91 Å². The minimum absolute atomic E-state index is 0.0132. The second-order valence-electron chi connectivity index (χ2n) is 5.53. The topological polar surface area (TPSA) is 50.6 Å². The smallest absolute Gasteiger partial charge is 0.279 e. The molecule has 1 fully saturated rings. The molecule has 1 aromatic rings. The molecule has 4 nitrogen and oxygen atoms in total. The molecule has 0 aliphatic carbocycles. The maximum atomic E-state index is 12.1. The molecule has 1 heterocycles. The summed E-state index contributed by atoms with van der Waals surface area (Å²) in [6, 6.07) is 7.11. The van der Waals surface area contributed by atoms with E-state index in [0.717, 1.165) is 13.1 Å². The van der Waals surface area contributed by atoms with Crippen molar-refractivity contribution < 1.29 is 14.5 Å². The number of hydrogen-bond donors (Lipinski definition) is 2. The van der Waals surface area contributed by atoms with Crippen molar-refractivity contribution >= 4 is 17.4 Å². The van der Waals surface area contributed by atoms with E-state index in [9.17, 15) is 9.59 Å². The number of anilines is 1. The number of carbonyl (C=O) groups is 2. The summed E-state index contributed by atoms with van der Waals surface area (Å²) < 4.78 is 0. The fourth-order valence-corrected chi connectivity index (χ4v) is 2.65. The van der Waals surface area contributed by atoms with E-state index in [4.69, 9.17) is 0 Å². The van der Waals surface area contributed by atoms with Crippen molar-refractivity contribution in [2.75, 3.05) is 25.0 Å². The lowest BCUT2D eigenvalue weighted by Crippen LogP contribution is -3.12. The van der Waals surface area contributed by atoms with E-state index >= 15 is 0 Å². The molecule has 1 amide bonds. The van der Waals surface area contributed by atoms with Crippen LogP contribution in [0.25, 0.3) is 0 Å². The Labute approximate surface area is 120 Å². The number of nitrogens with one attached hydrogen (secondary N) is 2. The molecule has 0 saturated carbocycles. The van der Waals surface area contributed by atoms with Crippen LogP contribution in [0.1, 0.15) is 43.0 Å². The summed E-state index contributed by atoms with van der Waals surface area (Å²) in [6.45, 7) is 4.22. The van der Waals surface area contributed by atoms with Gasteiger partial charge in [0, 0.05) is 11.3 Å². The first-order valence-electron chi connectivity index (χ1n) is 7.39. The number of likely N-dealkylation sites (tertiary alicyclic amines) is 1. The molecule has 0 atom stereocenters. The average molecular weight is 275 g/mol. The Morgan fingerprint density at radius 2 is 1.85 bits per heavy atom. The Hall–Kier alpha value is -1.68.